The first kappa shape index (κ1) is 29.3. The molecule has 1 saturated carbocycles. The van der Waals surface area contributed by atoms with Gasteiger partial charge in [-0.3, -0.25) is 14.4 Å². The Balaban J connectivity index is 1.66. The van der Waals surface area contributed by atoms with Gasteiger partial charge in [-0.25, -0.2) is 0 Å². The van der Waals surface area contributed by atoms with Crippen LogP contribution in [0.15, 0.2) is 54.6 Å². The summed E-state index contributed by atoms with van der Waals surface area (Å²) >= 11 is 0. The van der Waals surface area contributed by atoms with Gasteiger partial charge < -0.3 is 20.9 Å². The maximum absolute atomic E-state index is 14.6. The lowest BCUT2D eigenvalue weighted by atomic mass is 9.82. The van der Waals surface area contributed by atoms with Crippen molar-refractivity contribution in [2.75, 3.05) is 18.4 Å². The molecule has 1 heterocycles. The van der Waals surface area contributed by atoms with Crippen molar-refractivity contribution in [2.45, 2.75) is 82.8 Å². The van der Waals surface area contributed by atoms with Crippen molar-refractivity contribution in [1.82, 2.24) is 15.5 Å². The predicted octanol–water partition coefficient (Wildman–Crippen LogP) is 4.95. The molecule has 4 rings (SSSR count). The van der Waals surface area contributed by atoms with E-state index in [-0.39, 0.29) is 23.8 Å². The van der Waals surface area contributed by atoms with Gasteiger partial charge in [-0.05, 0) is 75.0 Å². The highest BCUT2D eigenvalue weighted by molar-refractivity contribution is 5.98. The van der Waals surface area contributed by atoms with E-state index < -0.39 is 11.6 Å². The average Bonchev–Trinajstić information content (AvgIpc) is 2.98. The first-order chi connectivity index (χ1) is 19.3. The molecule has 3 N–H and O–H groups in total. The fourth-order valence-electron chi connectivity index (χ4n) is 6.20. The number of nitrogens with zero attached hydrogens (tertiary/aromatic N) is 2. The van der Waals surface area contributed by atoms with E-state index in [0.717, 1.165) is 31.2 Å². The third kappa shape index (κ3) is 7.08. The van der Waals surface area contributed by atoms with E-state index >= 15 is 0 Å². The van der Waals surface area contributed by atoms with E-state index in [9.17, 15) is 19.6 Å². The number of piperidine rings is 1. The van der Waals surface area contributed by atoms with Crippen LogP contribution in [0.1, 0.15) is 87.2 Å². The summed E-state index contributed by atoms with van der Waals surface area (Å²) in [5.41, 5.74) is 1.01. The fraction of sp³-hybridized carbons (Fsp3) is 0.500. The normalized spacial score (nSPS) is 18.5. The average molecular weight is 544 g/mol. The van der Waals surface area contributed by atoms with Gasteiger partial charge in [0.2, 0.25) is 11.8 Å². The summed E-state index contributed by atoms with van der Waals surface area (Å²) in [5.74, 6) is -0.391. The van der Waals surface area contributed by atoms with Gasteiger partial charge in [0.15, 0.2) is 0 Å². The second-order valence-electron chi connectivity index (χ2n) is 11.2. The summed E-state index contributed by atoms with van der Waals surface area (Å²) in [7, 11) is 0. The Morgan fingerprint density at radius 1 is 1.02 bits per heavy atom. The van der Waals surface area contributed by atoms with Crippen LogP contribution in [0.25, 0.3) is 0 Å². The molecule has 212 valence electrons. The largest absolute Gasteiger partial charge is 0.340 e. The van der Waals surface area contributed by atoms with Crippen molar-refractivity contribution in [3.63, 3.8) is 0 Å². The number of nitrogens with one attached hydrogen (secondary N) is 3. The van der Waals surface area contributed by atoms with Crippen LogP contribution in [0.3, 0.4) is 0 Å². The Bertz CT molecular complexity index is 1200. The van der Waals surface area contributed by atoms with Crippen LogP contribution in [0.2, 0.25) is 0 Å². The van der Waals surface area contributed by atoms with Crippen molar-refractivity contribution < 1.29 is 14.4 Å². The second kappa shape index (κ2) is 13.6. The number of anilines is 1. The SMILES string of the molecule is CC(=O)Nc1ccc(C(=O)NC(CC2CCCCC2)C(=O)N(C(C)c2ccccc2)C2(C#N)CCNCC2)cc1. The summed E-state index contributed by atoms with van der Waals surface area (Å²) < 4.78 is 0. The van der Waals surface area contributed by atoms with Gasteiger partial charge in [0.1, 0.15) is 11.6 Å². The summed E-state index contributed by atoms with van der Waals surface area (Å²) in [5, 5.41) is 19.6. The summed E-state index contributed by atoms with van der Waals surface area (Å²) in [6.45, 7) is 4.72. The van der Waals surface area contributed by atoms with Crippen molar-refractivity contribution in [3.8, 4) is 6.07 Å². The van der Waals surface area contributed by atoms with Crippen LogP contribution in [0.5, 0.6) is 0 Å². The maximum Gasteiger partial charge on any atom is 0.251 e. The fourth-order valence-corrected chi connectivity index (χ4v) is 6.20. The molecule has 1 aliphatic heterocycles. The highest BCUT2D eigenvalue weighted by Gasteiger charge is 2.46. The smallest absolute Gasteiger partial charge is 0.251 e. The topological polar surface area (TPSA) is 114 Å². The lowest BCUT2D eigenvalue weighted by Crippen LogP contribution is -2.61. The van der Waals surface area contributed by atoms with Crippen LogP contribution in [-0.2, 0) is 9.59 Å². The molecule has 8 nitrogen and oxygen atoms in total. The van der Waals surface area contributed by atoms with Crippen LogP contribution >= 0.6 is 0 Å². The molecule has 2 aromatic carbocycles. The molecular weight excluding hydrogens is 502 g/mol. The Kier molecular flexibility index (Phi) is 9.94. The Labute approximate surface area is 237 Å². The first-order valence-corrected chi connectivity index (χ1v) is 14.5. The highest BCUT2D eigenvalue weighted by Crippen LogP contribution is 2.36. The number of hydrogen-bond donors (Lipinski definition) is 3. The minimum absolute atomic E-state index is 0.188. The number of nitriles is 1. The van der Waals surface area contributed by atoms with Gasteiger partial charge in [-0.15, -0.1) is 0 Å². The molecular formula is C32H41N5O3. The van der Waals surface area contributed by atoms with E-state index in [1.165, 1.54) is 13.3 Å². The van der Waals surface area contributed by atoms with Gasteiger partial charge in [0, 0.05) is 18.2 Å². The van der Waals surface area contributed by atoms with Crippen molar-refractivity contribution >= 4 is 23.4 Å². The highest BCUT2D eigenvalue weighted by atomic mass is 16.2. The number of hydrogen-bond acceptors (Lipinski definition) is 5. The number of benzene rings is 2. The molecule has 3 amide bonds. The molecule has 0 aromatic heterocycles. The van der Waals surface area contributed by atoms with Crippen molar-refractivity contribution in [1.29, 1.82) is 5.26 Å². The van der Waals surface area contributed by atoms with E-state index in [2.05, 4.69) is 22.0 Å². The van der Waals surface area contributed by atoms with E-state index in [0.29, 0.717) is 49.5 Å². The molecule has 1 saturated heterocycles. The number of carbonyl (C=O) groups is 3. The zero-order valence-corrected chi connectivity index (χ0v) is 23.6. The van der Waals surface area contributed by atoms with Crippen LogP contribution in [-0.4, -0.2) is 47.3 Å². The zero-order chi connectivity index (χ0) is 28.5. The molecule has 0 spiro atoms. The molecule has 0 radical (unpaired) electrons. The predicted molar refractivity (Wildman–Crippen MR) is 155 cm³/mol. The van der Waals surface area contributed by atoms with E-state index in [4.69, 9.17) is 0 Å². The molecule has 0 bridgehead atoms. The van der Waals surface area contributed by atoms with Crippen LogP contribution < -0.4 is 16.0 Å². The molecule has 2 aliphatic rings. The lowest BCUT2D eigenvalue weighted by molar-refractivity contribution is -0.142. The lowest BCUT2D eigenvalue weighted by Gasteiger charge is -2.46. The zero-order valence-electron chi connectivity index (χ0n) is 23.6. The molecule has 2 atom stereocenters. The summed E-state index contributed by atoms with van der Waals surface area (Å²) in [6, 6.07) is 17.9. The summed E-state index contributed by atoms with van der Waals surface area (Å²) in [6.07, 6.45) is 7.13. The molecule has 2 aromatic rings. The third-order valence-corrected chi connectivity index (χ3v) is 8.37. The minimum atomic E-state index is -0.965. The molecule has 8 heteroatoms. The Hall–Kier alpha value is -3.70. The Morgan fingerprint density at radius 2 is 1.68 bits per heavy atom. The standard InChI is InChI=1S/C32H41N5O3/c1-23(26-11-7-4-8-12-26)37(32(22-33)17-19-34-20-18-32)31(40)29(21-25-9-5-3-6-10-25)36-30(39)27-13-15-28(16-14-27)35-24(2)38/h4,7-8,11-16,23,25,29,34H,3,5-6,9-10,17-21H2,1-2H3,(H,35,38)(H,36,39). The quantitative estimate of drug-likeness (QED) is 0.414. The van der Waals surface area contributed by atoms with Gasteiger partial charge in [0.05, 0.1) is 12.1 Å². The number of rotatable bonds is 9. The molecule has 2 unspecified atom stereocenters. The number of carbonyl (C=O) groups excluding carboxylic acids is 3. The second-order valence-corrected chi connectivity index (χ2v) is 11.2. The monoisotopic (exact) mass is 543 g/mol. The minimum Gasteiger partial charge on any atom is -0.340 e. The van der Waals surface area contributed by atoms with Gasteiger partial charge >= 0.3 is 0 Å². The molecule has 40 heavy (non-hydrogen) atoms. The van der Waals surface area contributed by atoms with Gasteiger partial charge in [0.25, 0.3) is 5.91 Å². The third-order valence-electron chi connectivity index (χ3n) is 8.37. The van der Waals surface area contributed by atoms with Crippen LogP contribution in [0.4, 0.5) is 5.69 Å². The molecule has 2 fully saturated rings. The van der Waals surface area contributed by atoms with E-state index in [1.807, 2.05) is 37.3 Å². The first-order valence-electron chi connectivity index (χ1n) is 14.5. The van der Waals surface area contributed by atoms with E-state index in [1.54, 1.807) is 29.2 Å². The molecule has 1 aliphatic carbocycles. The van der Waals surface area contributed by atoms with Gasteiger partial charge in [-0.1, -0.05) is 62.4 Å². The van der Waals surface area contributed by atoms with Crippen molar-refractivity contribution in [2.24, 2.45) is 5.92 Å². The van der Waals surface area contributed by atoms with Crippen LogP contribution in [0, 0.1) is 17.2 Å². The summed E-state index contributed by atoms with van der Waals surface area (Å²) in [4.78, 5) is 41.3. The van der Waals surface area contributed by atoms with Gasteiger partial charge in [-0.2, -0.15) is 5.26 Å². The maximum atomic E-state index is 14.6. The van der Waals surface area contributed by atoms with Crippen molar-refractivity contribution in [3.05, 3.63) is 65.7 Å². The Morgan fingerprint density at radius 3 is 2.27 bits per heavy atom. The number of amides is 3.